The third-order valence-electron chi connectivity index (χ3n) is 4.10. The van der Waals surface area contributed by atoms with Crippen LogP contribution in [-0.2, 0) is 0 Å². The Kier molecular flexibility index (Phi) is 5.72. The van der Waals surface area contributed by atoms with E-state index in [1.165, 1.54) is 18.4 Å². The van der Waals surface area contributed by atoms with E-state index in [0.29, 0.717) is 13.2 Å². The van der Waals surface area contributed by atoms with E-state index < -0.39 is 0 Å². The Hall–Kier alpha value is -2.49. The molecule has 0 atom stereocenters. The number of hydrogen-bond donors (Lipinski definition) is 2. The van der Waals surface area contributed by atoms with Crippen molar-refractivity contribution in [3.8, 4) is 16.9 Å². The minimum Gasteiger partial charge on any atom is -0.491 e. The fourth-order valence-electron chi connectivity index (χ4n) is 2.56. The highest BCUT2D eigenvalue weighted by molar-refractivity contribution is 5.79. The van der Waals surface area contributed by atoms with Gasteiger partial charge < -0.3 is 15.4 Å². The quantitative estimate of drug-likeness (QED) is 0.467. The van der Waals surface area contributed by atoms with E-state index in [9.17, 15) is 0 Å². The molecule has 2 aromatic rings. The summed E-state index contributed by atoms with van der Waals surface area (Å²) >= 11 is 0. The zero-order valence-electron chi connectivity index (χ0n) is 14.2. The van der Waals surface area contributed by atoms with Crippen LogP contribution < -0.4 is 15.4 Å². The van der Waals surface area contributed by atoms with Gasteiger partial charge in [-0.3, -0.25) is 4.99 Å². The minimum atomic E-state index is 0.591. The molecule has 0 unspecified atom stereocenters. The van der Waals surface area contributed by atoms with Crippen molar-refractivity contribution in [2.75, 3.05) is 26.7 Å². The second kappa shape index (κ2) is 8.39. The van der Waals surface area contributed by atoms with E-state index in [1.54, 1.807) is 7.05 Å². The van der Waals surface area contributed by atoms with Crippen LogP contribution in [0.1, 0.15) is 12.8 Å². The third kappa shape index (κ3) is 4.75. The first kappa shape index (κ1) is 16.4. The molecule has 0 heterocycles. The lowest BCUT2D eigenvalue weighted by Gasteiger charge is -2.14. The summed E-state index contributed by atoms with van der Waals surface area (Å²) in [5, 5.41) is 6.65. The summed E-state index contributed by atoms with van der Waals surface area (Å²) < 4.78 is 5.98. The first-order valence-corrected chi connectivity index (χ1v) is 8.58. The van der Waals surface area contributed by atoms with Crippen molar-refractivity contribution in [3.05, 3.63) is 54.6 Å². The van der Waals surface area contributed by atoms with E-state index in [4.69, 9.17) is 4.74 Å². The normalized spacial score (nSPS) is 14.3. The first-order valence-electron chi connectivity index (χ1n) is 8.58. The van der Waals surface area contributed by atoms with Gasteiger partial charge in [0.2, 0.25) is 0 Å². The summed E-state index contributed by atoms with van der Waals surface area (Å²) in [7, 11) is 1.80. The molecule has 4 nitrogen and oxygen atoms in total. The lowest BCUT2D eigenvalue weighted by molar-refractivity contribution is 0.323. The molecule has 0 spiro atoms. The van der Waals surface area contributed by atoms with Gasteiger partial charge in [-0.15, -0.1) is 0 Å². The van der Waals surface area contributed by atoms with Crippen LogP contribution in [0.4, 0.5) is 0 Å². The molecular formula is C20H25N3O. The van der Waals surface area contributed by atoms with Crippen molar-refractivity contribution in [3.63, 3.8) is 0 Å². The average Bonchev–Trinajstić information content (AvgIpc) is 3.46. The van der Waals surface area contributed by atoms with Crippen molar-refractivity contribution >= 4 is 5.96 Å². The molecule has 1 saturated carbocycles. The Balaban J connectivity index is 1.50. The molecule has 0 radical (unpaired) electrons. The van der Waals surface area contributed by atoms with Crippen LogP contribution in [0.5, 0.6) is 5.75 Å². The highest BCUT2D eigenvalue weighted by Crippen LogP contribution is 2.29. The molecule has 1 fully saturated rings. The van der Waals surface area contributed by atoms with Crippen LogP contribution in [0.15, 0.2) is 59.6 Å². The van der Waals surface area contributed by atoms with E-state index in [0.717, 1.165) is 29.7 Å². The van der Waals surface area contributed by atoms with Crippen molar-refractivity contribution in [1.82, 2.24) is 10.6 Å². The Morgan fingerprint density at radius 3 is 2.54 bits per heavy atom. The van der Waals surface area contributed by atoms with Gasteiger partial charge in [0.05, 0.1) is 6.54 Å². The van der Waals surface area contributed by atoms with Crippen molar-refractivity contribution in [1.29, 1.82) is 0 Å². The molecule has 2 aromatic carbocycles. The molecule has 3 rings (SSSR count). The van der Waals surface area contributed by atoms with Gasteiger partial charge in [0.1, 0.15) is 12.4 Å². The molecule has 1 aliphatic carbocycles. The average molecular weight is 323 g/mol. The van der Waals surface area contributed by atoms with E-state index in [2.05, 4.69) is 33.8 Å². The Morgan fingerprint density at radius 1 is 1.04 bits per heavy atom. The highest BCUT2D eigenvalue weighted by atomic mass is 16.5. The number of rotatable bonds is 7. The van der Waals surface area contributed by atoms with Gasteiger partial charge in [0.25, 0.3) is 0 Å². The number of hydrogen-bond acceptors (Lipinski definition) is 2. The molecular weight excluding hydrogens is 298 g/mol. The van der Waals surface area contributed by atoms with Gasteiger partial charge >= 0.3 is 0 Å². The van der Waals surface area contributed by atoms with Gasteiger partial charge in [0, 0.05) is 19.2 Å². The van der Waals surface area contributed by atoms with Crippen LogP contribution in [0.25, 0.3) is 11.1 Å². The van der Waals surface area contributed by atoms with Gasteiger partial charge in [0.15, 0.2) is 5.96 Å². The molecule has 2 N–H and O–H groups in total. The van der Waals surface area contributed by atoms with Crippen LogP contribution in [0.2, 0.25) is 0 Å². The summed E-state index contributed by atoms with van der Waals surface area (Å²) in [6, 6.07) is 18.5. The summed E-state index contributed by atoms with van der Waals surface area (Å²) in [4.78, 5) is 4.24. The molecule has 0 aliphatic heterocycles. The number of aliphatic imine (C=N–C) groups is 1. The largest absolute Gasteiger partial charge is 0.491 e. The summed E-state index contributed by atoms with van der Waals surface area (Å²) in [6.07, 6.45) is 2.67. The number of ether oxygens (including phenoxy) is 1. The molecule has 1 aliphatic rings. The second-order valence-corrected chi connectivity index (χ2v) is 6.03. The van der Waals surface area contributed by atoms with Crippen LogP contribution in [-0.4, -0.2) is 32.7 Å². The van der Waals surface area contributed by atoms with Gasteiger partial charge in [-0.2, -0.15) is 0 Å². The predicted octanol–water partition coefficient (Wildman–Crippen LogP) is 3.31. The van der Waals surface area contributed by atoms with Gasteiger partial charge in [-0.1, -0.05) is 48.5 Å². The maximum absolute atomic E-state index is 5.98. The first-order chi connectivity index (χ1) is 11.9. The monoisotopic (exact) mass is 323 g/mol. The number of nitrogens with zero attached hydrogens (tertiary/aromatic N) is 1. The minimum absolute atomic E-state index is 0.591. The number of para-hydroxylation sites is 1. The molecule has 126 valence electrons. The van der Waals surface area contributed by atoms with Gasteiger partial charge in [-0.25, -0.2) is 0 Å². The fraction of sp³-hybridized carbons (Fsp3) is 0.350. The van der Waals surface area contributed by atoms with Crippen LogP contribution in [0, 0.1) is 5.92 Å². The molecule has 0 aromatic heterocycles. The maximum Gasteiger partial charge on any atom is 0.191 e. The SMILES string of the molecule is CN=C(NCCOc1ccccc1-c1ccccc1)NCC1CC1. The van der Waals surface area contributed by atoms with Crippen LogP contribution in [0.3, 0.4) is 0 Å². The fourth-order valence-corrected chi connectivity index (χ4v) is 2.56. The Morgan fingerprint density at radius 2 is 1.79 bits per heavy atom. The van der Waals surface area contributed by atoms with E-state index in [1.807, 2.05) is 36.4 Å². The lowest BCUT2D eigenvalue weighted by Crippen LogP contribution is -2.40. The summed E-state index contributed by atoms with van der Waals surface area (Å²) in [6.45, 7) is 2.32. The topological polar surface area (TPSA) is 45.7 Å². The Bertz CT molecular complexity index is 666. The molecule has 24 heavy (non-hydrogen) atoms. The van der Waals surface area contributed by atoms with E-state index >= 15 is 0 Å². The second-order valence-electron chi connectivity index (χ2n) is 6.03. The zero-order chi connectivity index (χ0) is 16.6. The van der Waals surface area contributed by atoms with Crippen molar-refractivity contribution < 1.29 is 4.74 Å². The predicted molar refractivity (Wildman–Crippen MR) is 99.5 cm³/mol. The molecule has 4 heteroatoms. The zero-order valence-corrected chi connectivity index (χ0v) is 14.2. The number of benzene rings is 2. The maximum atomic E-state index is 5.98. The lowest BCUT2D eigenvalue weighted by atomic mass is 10.1. The third-order valence-corrected chi connectivity index (χ3v) is 4.10. The highest BCUT2D eigenvalue weighted by Gasteiger charge is 2.20. The Labute approximate surface area is 144 Å². The van der Waals surface area contributed by atoms with Crippen molar-refractivity contribution in [2.24, 2.45) is 10.9 Å². The van der Waals surface area contributed by atoms with Crippen molar-refractivity contribution in [2.45, 2.75) is 12.8 Å². The summed E-state index contributed by atoms with van der Waals surface area (Å²) in [5.74, 6) is 2.59. The smallest absolute Gasteiger partial charge is 0.191 e. The van der Waals surface area contributed by atoms with E-state index in [-0.39, 0.29) is 0 Å². The standard InChI is InChI=1S/C20H25N3O/c1-21-20(23-15-16-11-12-16)22-13-14-24-19-10-6-5-9-18(19)17-7-3-2-4-8-17/h2-10,16H,11-15H2,1H3,(H2,21,22,23). The molecule has 0 bridgehead atoms. The summed E-state index contributed by atoms with van der Waals surface area (Å²) in [5.41, 5.74) is 2.29. The van der Waals surface area contributed by atoms with Crippen LogP contribution >= 0.6 is 0 Å². The number of nitrogens with one attached hydrogen (secondary N) is 2. The molecule has 0 amide bonds. The molecule has 0 saturated heterocycles. The number of guanidine groups is 1. The van der Waals surface area contributed by atoms with Gasteiger partial charge in [-0.05, 0) is 30.4 Å².